The highest BCUT2D eigenvalue weighted by molar-refractivity contribution is 5.97. The smallest absolute Gasteiger partial charge is 0.309 e. The number of epoxide rings is 1. The molecule has 3 fully saturated rings. The second-order valence-electron chi connectivity index (χ2n) is 6.62. The van der Waals surface area contributed by atoms with Gasteiger partial charge in [0.05, 0.1) is 18.1 Å². The Morgan fingerprint density at radius 1 is 1.32 bits per heavy atom. The fourth-order valence-electron chi connectivity index (χ4n) is 4.48. The van der Waals surface area contributed by atoms with Crippen molar-refractivity contribution in [3.63, 3.8) is 0 Å². The van der Waals surface area contributed by atoms with Crippen molar-refractivity contribution in [2.24, 2.45) is 17.3 Å². The molecule has 0 aromatic carbocycles. The summed E-state index contributed by atoms with van der Waals surface area (Å²) in [6.07, 6.45) is 1.47. The monoisotopic (exact) mass is 262 g/mol. The lowest BCUT2D eigenvalue weighted by Crippen LogP contribution is -2.47. The molecule has 2 aliphatic carbocycles. The molecule has 102 valence electrons. The molecule has 0 unspecified atom stereocenters. The molecule has 2 aliphatic heterocycles. The standard InChI is InChI=1S/C15H18O4/c1-6-8(16)4-5-15(3)10(6)11-9(12-13(15)18-12)7(2)14(17)19-11/h7,9,11-13H,4-5H2,1-3H3/t7-,9-,11-,12-,13-,15-/m0/s1. The van der Waals surface area contributed by atoms with E-state index in [1.807, 2.05) is 13.8 Å². The van der Waals surface area contributed by atoms with Gasteiger partial charge < -0.3 is 9.47 Å². The van der Waals surface area contributed by atoms with Crippen molar-refractivity contribution in [3.8, 4) is 0 Å². The highest BCUT2D eigenvalue weighted by Gasteiger charge is 2.69. The molecule has 4 aliphatic rings. The molecule has 0 bridgehead atoms. The van der Waals surface area contributed by atoms with E-state index in [-0.39, 0.29) is 47.3 Å². The molecule has 6 atom stereocenters. The van der Waals surface area contributed by atoms with E-state index in [1.165, 1.54) is 0 Å². The van der Waals surface area contributed by atoms with Gasteiger partial charge in [0.1, 0.15) is 6.10 Å². The summed E-state index contributed by atoms with van der Waals surface area (Å²) >= 11 is 0. The summed E-state index contributed by atoms with van der Waals surface area (Å²) in [6, 6.07) is 0. The van der Waals surface area contributed by atoms with Crippen LogP contribution in [0.1, 0.15) is 33.6 Å². The number of Topliss-reactive ketones (excluding diaryl/α,β-unsaturated/α-hetero) is 1. The summed E-state index contributed by atoms with van der Waals surface area (Å²) in [4.78, 5) is 23.9. The SMILES string of the molecule is CC1=C2[C@H]3OC(=O)[C@@H](C)[C@@H]3[C@@H]3O[C@@H]3[C@@]2(C)CCC1=O. The third kappa shape index (κ3) is 1.23. The first-order valence-corrected chi connectivity index (χ1v) is 7.05. The number of hydrogen-bond donors (Lipinski definition) is 0. The summed E-state index contributed by atoms with van der Waals surface area (Å²) < 4.78 is 11.5. The number of carbonyl (C=O) groups excluding carboxylic acids is 2. The van der Waals surface area contributed by atoms with Gasteiger partial charge in [0.15, 0.2) is 5.78 Å². The number of rotatable bonds is 0. The third-order valence-electron chi connectivity index (χ3n) is 5.67. The number of fused-ring (bicyclic) bond motifs is 6. The molecule has 4 heteroatoms. The molecule has 2 heterocycles. The molecule has 0 N–H and O–H groups in total. The van der Waals surface area contributed by atoms with Gasteiger partial charge in [0, 0.05) is 17.8 Å². The van der Waals surface area contributed by atoms with E-state index in [4.69, 9.17) is 9.47 Å². The fraction of sp³-hybridized carbons (Fsp3) is 0.733. The number of ketones is 1. The van der Waals surface area contributed by atoms with E-state index in [0.29, 0.717) is 6.42 Å². The van der Waals surface area contributed by atoms with Crippen LogP contribution in [0.3, 0.4) is 0 Å². The Morgan fingerprint density at radius 3 is 2.79 bits per heavy atom. The number of carbonyl (C=O) groups is 2. The maximum atomic E-state index is 12.0. The predicted octanol–water partition coefficient (Wildman–Crippen LogP) is 1.63. The van der Waals surface area contributed by atoms with Crippen molar-refractivity contribution in [1.29, 1.82) is 0 Å². The first kappa shape index (κ1) is 11.6. The van der Waals surface area contributed by atoms with Gasteiger partial charge in [0.25, 0.3) is 0 Å². The molecule has 0 spiro atoms. The number of hydrogen-bond acceptors (Lipinski definition) is 4. The van der Waals surface area contributed by atoms with Gasteiger partial charge >= 0.3 is 5.97 Å². The van der Waals surface area contributed by atoms with E-state index in [0.717, 1.165) is 17.6 Å². The Hall–Kier alpha value is -1.16. The molecule has 0 radical (unpaired) electrons. The number of ether oxygens (including phenoxy) is 2. The van der Waals surface area contributed by atoms with E-state index in [9.17, 15) is 9.59 Å². The lowest BCUT2D eigenvalue weighted by molar-refractivity contribution is -0.143. The largest absolute Gasteiger partial charge is 0.457 e. The zero-order valence-electron chi connectivity index (χ0n) is 11.4. The summed E-state index contributed by atoms with van der Waals surface area (Å²) in [5, 5.41) is 0. The molecular formula is C15H18O4. The summed E-state index contributed by atoms with van der Waals surface area (Å²) in [7, 11) is 0. The van der Waals surface area contributed by atoms with Crippen LogP contribution in [0.25, 0.3) is 0 Å². The molecule has 0 amide bonds. The Morgan fingerprint density at radius 2 is 2.05 bits per heavy atom. The minimum Gasteiger partial charge on any atom is -0.457 e. The van der Waals surface area contributed by atoms with Gasteiger partial charge in [-0.1, -0.05) is 13.8 Å². The van der Waals surface area contributed by atoms with Crippen LogP contribution in [0.4, 0.5) is 0 Å². The second-order valence-corrected chi connectivity index (χ2v) is 6.62. The second kappa shape index (κ2) is 3.29. The van der Waals surface area contributed by atoms with E-state index in [2.05, 4.69) is 6.92 Å². The highest BCUT2D eigenvalue weighted by Crippen LogP contribution is 2.62. The zero-order valence-corrected chi connectivity index (χ0v) is 11.4. The first-order valence-electron chi connectivity index (χ1n) is 7.05. The molecule has 4 nitrogen and oxygen atoms in total. The molecule has 4 rings (SSSR count). The predicted molar refractivity (Wildman–Crippen MR) is 66.2 cm³/mol. The van der Waals surface area contributed by atoms with Crippen molar-refractivity contribution < 1.29 is 19.1 Å². The van der Waals surface area contributed by atoms with E-state index < -0.39 is 0 Å². The molecular weight excluding hydrogens is 244 g/mol. The summed E-state index contributed by atoms with van der Waals surface area (Å²) in [5.74, 6) is 0.0241. The van der Waals surface area contributed by atoms with Gasteiger partial charge in [0.2, 0.25) is 0 Å². The average Bonchev–Trinajstić information content (AvgIpc) is 3.10. The third-order valence-corrected chi connectivity index (χ3v) is 5.67. The van der Waals surface area contributed by atoms with Crippen LogP contribution in [0.15, 0.2) is 11.1 Å². The quantitative estimate of drug-likeness (QED) is 0.492. The Bertz CT molecular complexity index is 534. The van der Waals surface area contributed by atoms with Crippen molar-refractivity contribution in [1.82, 2.24) is 0 Å². The minimum absolute atomic E-state index is 0.0985. The van der Waals surface area contributed by atoms with Gasteiger partial charge in [-0.25, -0.2) is 0 Å². The van der Waals surface area contributed by atoms with Gasteiger partial charge in [-0.3, -0.25) is 9.59 Å². The Kier molecular flexibility index (Phi) is 2.02. The van der Waals surface area contributed by atoms with Crippen LogP contribution < -0.4 is 0 Å². The summed E-state index contributed by atoms with van der Waals surface area (Å²) in [6.45, 7) is 5.95. The van der Waals surface area contributed by atoms with Crippen LogP contribution in [0, 0.1) is 17.3 Å². The average molecular weight is 262 g/mol. The Labute approximate surface area is 112 Å². The minimum atomic E-state index is -0.236. The van der Waals surface area contributed by atoms with Crippen LogP contribution in [-0.2, 0) is 19.1 Å². The lowest BCUT2D eigenvalue weighted by Gasteiger charge is -2.42. The summed E-state index contributed by atoms with van der Waals surface area (Å²) in [5.41, 5.74) is 1.73. The Balaban J connectivity index is 1.89. The fourth-order valence-corrected chi connectivity index (χ4v) is 4.48. The van der Waals surface area contributed by atoms with Crippen LogP contribution in [0.5, 0.6) is 0 Å². The van der Waals surface area contributed by atoms with Crippen molar-refractivity contribution >= 4 is 11.8 Å². The molecule has 19 heavy (non-hydrogen) atoms. The number of allylic oxidation sites excluding steroid dienone is 1. The van der Waals surface area contributed by atoms with Gasteiger partial charge in [-0.05, 0) is 24.5 Å². The van der Waals surface area contributed by atoms with Crippen molar-refractivity contribution in [3.05, 3.63) is 11.1 Å². The van der Waals surface area contributed by atoms with Crippen molar-refractivity contribution in [2.45, 2.75) is 51.9 Å². The highest BCUT2D eigenvalue weighted by atomic mass is 16.6. The zero-order chi connectivity index (χ0) is 13.5. The maximum Gasteiger partial charge on any atom is 0.309 e. The maximum absolute atomic E-state index is 12.0. The normalized spacial score (nSPS) is 51.4. The first-order chi connectivity index (χ1) is 8.95. The molecule has 1 saturated carbocycles. The van der Waals surface area contributed by atoms with Crippen molar-refractivity contribution in [2.75, 3.05) is 0 Å². The molecule has 0 aromatic heterocycles. The van der Waals surface area contributed by atoms with E-state index >= 15 is 0 Å². The van der Waals surface area contributed by atoms with E-state index in [1.54, 1.807) is 0 Å². The lowest BCUT2D eigenvalue weighted by atomic mass is 9.59. The topological polar surface area (TPSA) is 55.9 Å². The van der Waals surface area contributed by atoms with Crippen LogP contribution >= 0.6 is 0 Å². The van der Waals surface area contributed by atoms with Crippen LogP contribution in [0.2, 0.25) is 0 Å². The van der Waals surface area contributed by atoms with Gasteiger partial charge in [-0.15, -0.1) is 0 Å². The molecule has 0 aromatic rings. The number of esters is 1. The molecule has 2 saturated heterocycles. The van der Waals surface area contributed by atoms with Gasteiger partial charge in [-0.2, -0.15) is 0 Å². The van der Waals surface area contributed by atoms with Crippen LogP contribution in [-0.4, -0.2) is 30.1 Å².